The summed E-state index contributed by atoms with van der Waals surface area (Å²) in [7, 11) is 0. The van der Waals surface area contributed by atoms with Crippen LogP contribution in [0.15, 0.2) is 72.4 Å². The van der Waals surface area contributed by atoms with E-state index in [1.165, 1.54) is 24.4 Å². The molecule has 1 fully saturated rings. The summed E-state index contributed by atoms with van der Waals surface area (Å²) in [5, 5.41) is 21.8. The number of amides is 1. The van der Waals surface area contributed by atoms with E-state index < -0.39 is 51.3 Å². The zero-order valence-corrected chi connectivity index (χ0v) is 16.1. The Kier molecular flexibility index (Phi) is 5.19. The summed E-state index contributed by atoms with van der Waals surface area (Å²) in [5.74, 6) is -4.75. The number of nitrogens with zero attached hydrogens (tertiary/aromatic N) is 3. The summed E-state index contributed by atoms with van der Waals surface area (Å²) in [6.07, 6.45) is 1.38. The van der Waals surface area contributed by atoms with Gasteiger partial charge >= 0.3 is 0 Å². The van der Waals surface area contributed by atoms with Gasteiger partial charge in [0.1, 0.15) is 23.4 Å². The minimum Gasteiger partial charge on any atom is -0.507 e. The molecule has 1 aliphatic rings. The highest BCUT2D eigenvalue weighted by Crippen LogP contribution is 2.42. The normalized spacial score (nSPS) is 17.6. The number of aliphatic hydroxyl groups is 1. The molecule has 32 heavy (non-hydrogen) atoms. The van der Waals surface area contributed by atoms with Gasteiger partial charge in [0.25, 0.3) is 17.4 Å². The Morgan fingerprint density at radius 2 is 1.78 bits per heavy atom. The third-order valence-electron chi connectivity index (χ3n) is 4.93. The maximum Gasteiger partial charge on any atom is 0.300 e. The second-order valence-corrected chi connectivity index (χ2v) is 6.82. The number of non-ortho nitro benzene ring substituents is 1. The number of hydrogen-bond acceptors (Lipinski definition) is 6. The molecule has 4 rings (SSSR count). The van der Waals surface area contributed by atoms with E-state index in [-0.39, 0.29) is 16.9 Å². The number of carbonyl (C=O) groups is 2. The zero-order chi connectivity index (χ0) is 23.0. The Morgan fingerprint density at radius 1 is 1.06 bits per heavy atom. The van der Waals surface area contributed by atoms with Crippen LogP contribution in [0.1, 0.15) is 17.3 Å². The molecule has 0 spiro atoms. The molecule has 3 aromatic rings. The number of nitro groups is 1. The van der Waals surface area contributed by atoms with Crippen molar-refractivity contribution in [1.82, 2.24) is 4.98 Å². The van der Waals surface area contributed by atoms with Crippen LogP contribution in [-0.2, 0) is 9.59 Å². The number of pyridine rings is 1. The maximum absolute atomic E-state index is 14.5. The molecule has 2 aromatic carbocycles. The summed E-state index contributed by atoms with van der Waals surface area (Å²) < 4.78 is 28.4. The van der Waals surface area contributed by atoms with E-state index in [0.717, 1.165) is 35.2 Å². The lowest BCUT2D eigenvalue weighted by Gasteiger charge is -2.25. The van der Waals surface area contributed by atoms with Gasteiger partial charge in [0, 0.05) is 30.0 Å². The summed E-state index contributed by atoms with van der Waals surface area (Å²) in [5.41, 5.74) is -1.00. The number of benzene rings is 2. The number of carbonyl (C=O) groups excluding carboxylic acids is 2. The first-order chi connectivity index (χ1) is 15.3. The number of hydrogen-bond donors (Lipinski definition) is 1. The number of nitro benzene ring substituents is 1. The van der Waals surface area contributed by atoms with Crippen LogP contribution < -0.4 is 4.90 Å². The number of aliphatic hydroxyl groups excluding tert-OH is 1. The summed E-state index contributed by atoms with van der Waals surface area (Å²) in [4.78, 5) is 40.9. The van der Waals surface area contributed by atoms with Crippen molar-refractivity contribution in [2.45, 2.75) is 6.04 Å². The van der Waals surface area contributed by atoms with E-state index in [4.69, 9.17) is 0 Å². The van der Waals surface area contributed by atoms with Gasteiger partial charge in [-0.05, 0) is 36.4 Å². The summed E-state index contributed by atoms with van der Waals surface area (Å²) in [6, 6.07) is 10.3. The molecule has 0 saturated carbocycles. The van der Waals surface area contributed by atoms with Crippen molar-refractivity contribution in [3.63, 3.8) is 0 Å². The largest absolute Gasteiger partial charge is 0.507 e. The smallest absolute Gasteiger partial charge is 0.300 e. The molecule has 10 heteroatoms. The van der Waals surface area contributed by atoms with Crippen molar-refractivity contribution in [3.8, 4) is 0 Å². The standard InChI is InChI=1S/C22H13F2N3O5/c23-13-6-9-15(24)17(11-13)26-19(16-3-1-2-10-25-16)18(21(29)22(26)30)20(28)12-4-7-14(8-5-12)27(31)32/h1-11,19,28H/b20-18+. The molecule has 160 valence electrons. The molecule has 0 aliphatic carbocycles. The first-order valence-electron chi connectivity index (χ1n) is 9.21. The number of aromatic nitrogens is 1. The van der Waals surface area contributed by atoms with Crippen LogP contribution in [0.25, 0.3) is 5.76 Å². The number of rotatable bonds is 4. The zero-order valence-electron chi connectivity index (χ0n) is 16.1. The van der Waals surface area contributed by atoms with Gasteiger partial charge in [-0.2, -0.15) is 0 Å². The predicted molar refractivity (Wildman–Crippen MR) is 108 cm³/mol. The lowest BCUT2D eigenvalue weighted by atomic mass is 9.98. The van der Waals surface area contributed by atoms with Crippen LogP contribution in [0.3, 0.4) is 0 Å². The SMILES string of the molecule is O=C1C(=O)N(c2cc(F)ccc2F)C(c2ccccn2)/C1=C(\O)c1ccc([N+](=O)[O-])cc1. The van der Waals surface area contributed by atoms with Gasteiger partial charge in [-0.15, -0.1) is 0 Å². The van der Waals surface area contributed by atoms with Crippen LogP contribution in [0, 0.1) is 21.7 Å². The molecule has 1 saturated heterocycles. The Hall–Kier alpha value is -4.47. The molecule has 1 unspecified atom stereocenters. The lowest BCUT2D eigenvalue weighted by Crippen LogP contribution is -2.30. The molecule has 0 radical (unpaired) electrons. The van der Waals surface area contributed by atoms with Crippen LogP contribution in [0.2, 0.25) is 0 Å². The lowest BCUT2D eigenvalue weighted by molar-refractivity contribution is -0.384. The number of halogens is 2. The highest BCUT2D eigenvalue weighted by molar-refractivity contribution is 6.51. The average molecular weight is 437 g/mol. The number of ketones is 1. The fourth-order valence-electron chi connectivity index (χ4n) is 3.47. The molecule has 1 atom stereocenters. The second-order valence-electron chi connectivity index (χ2n) is 6.82. The molecule has 2 heterocycles. The monoisotopic (exact) mass is 437 g/mol. The Bertz CT molecular complexity index is 1280. The highest BCUT2D eigenvalue weighted by Gasteiger charge is 2.48. The quantitative estimate of drug-likeness (QED) is 0.218. The van der Waals surface area contributed by atoms with Gasteiger partial charge in [0.2, 0.25) is 0 Å². The first-order valence-corrected chi connectivity index (χ1v) is 9.21. The van der Waals surface area contributed by atoms with Crippen LogP contribution in [-0.4, -0.2) is 26.7 Å². The van der Waals surface area contributed by atoms with Crippen molar-refractivity contribution in [2.24, 2.45) is 0 Å². The fourth-order valence-corrected chi connectivity index (χ4v) is 3.47. The number of anilines is 1. The van der Waals surface area contributed by atoms with Crippen molar-refractivity contribution in [1.29, 1.82) is 0 Å². The predicted octanol–water partition coefficient (Wildman–Crippen LogP) is 3.89. The summed E-state index contributed by atoms with van der Waals surface area (Å²) in [6.45, 7) is 0. The Balaban J connectivity index is 1.94. The van der Waals surface area contributed by atoms with Crippen LogP contribution in [0.5, 0.6) is 0 Å². The minimum absolute atomic E-state index is 0.0224. The maximum atomic E-state index is 14.5. The minimum atomic E-state index is -1.36. The Morgan fingerprint density at radius 3 is 2.41 bits per heavy atom. The average Bonchev–Trinajstić information content (AvgIpc) is 3.06. The van der Waals surface area contributed by atoms with Crippen molar-refractivity contribution in [3.05, 3.63) is 105 Å². The molecule has 1 N–H and O–H groups in total. The second kappa shape index (κ2) is 7.99. The summed E-state index contributed by atoms with van der Waals surface area (Å²) >= 11 is 0. The molecule has 1 aromatic heterocycles. The third kappa shape index (κ3) is 3.47. The van der Waals surface area contributed by atoms with Crippen molar-refractivity contribution in [2.75, 3.05) is 4.90 Å². The van der Waals surface area contributed by atoms with Crippen molar-refractivity contribution < 1.29 is 28.4 Å². The van der Waals surface area contributed by atoms with Gasteiger partial charge in [-0.3, -0.25) is 29.6 Å². The highest BCUT2D eigenvalue weighted by atomic mass is 19.1. The van der Waals surface area contributed by atoms with E-state index in [1.807, 2.05) is 0 Å². The molecule has 1 aliphatic heterocycles. The molecule has 8 nitrogen and oxygen atoms in total. The van der Waals surface area contributed by atoms with E-state index in [9.17, 15) is 33.6 Å². The molecule has 0 bridgehead atoms. The number of Topliss-reactive ketones (excluding diaryl/α,β-unsaturated/α-hetero) is 1. The van der Waals surface area contributed by atoms with Crippen LogP contribution in [0.4, 0.5) is 20.2 Å². The third-order valence-corrected chi connectivity index (χ3v) is 4.93. The van der Waals surface area contributed by atoms with E-state index >= 15 is 0 Å². The van der Waals surface area contributed by atoms with Gasteiger partial charge < -0.3 is 5.11 Å². The van der Waals surface area contributed by atoms with E-state index in [1.54, 1.807) is 12.1 Å². The topological polar surface area (TPSA) is 114 Å². The molecule has 1 amide bonds. The fraction of sp³-hybridized carbons (Fsp3) is 0.0455. The molecular formula is C22H13F2N3O5. The molecular weight excluding hydrogens is 424 g/mol. The van der Waals surface area contributed by atoms with Gasteiger partial charge in [0.05, 0.1) is 21.9 Å². The van der Waals surface area contributed by atoms with Crippen LogP contribution >= 0.6 is 0 Å². The van der Waals surface area contributed by atoms with Gasteiger partial charge in [-0.25, -0.2) is 8.78 Å². The Labute approximate surface area is 179 Å². The van der Waals surface area contributed by atoms with Gasteiger partial charge in [0.15, 0.2) is 0 Å². The first kappa shape index (κ1) is 20.8. The van der Waals surface area contributed by atoms with Crippen molar-refractivity contribution >= 4 is 28.8 Å². The van der Waals surface area contributed by atoms with E-state index in [0.29, 0.717) is 0 Å². The van der Waals surface area contributed by atoms with E-state index in [2.05, 4.69) is 4.98 Å². The van der Waals surface area contributed by atoms with Gasteiger partial charge in [-0.1, -0.05) is 6.07 Å².